The van der Waals surface area contributed by atoms with Crippen LogP contribution in [0.4, 0.5) is 13.2 Å². The summed E-state index contributed by atoms with van der Waals surface area (Å²) in [6.45, 7) is 3.49. The summed E-state index contributed by atoms with van der Waals surface area (Å²) in [6.07, 6.45) is 1.93. The number of Topliss-reactive ketones (excluding diaryl/α,β-unsaturated/α-hetero) is 1. The molecule has 0 unspecified atom stereocenters. The maximum atomic E-state index is 15.0. The lowest BCUT2D eigenvalue weighted by Crippen LogP contribution is -2.39. The number of aromatic nitrogens is 2. The van der Waals surface area contributed by atoms with Crippen molar-refractivity contribution in [1.29, 1.82) is 0 Å². The third-order valence-corrected chi connectivity index (χ3v) is 8.05. The van der Waals surface area contributed by atoms with Gasteiger partial charge in [-0.2, -0.15) is 0 Å². The highest BCUT2D eigenvalue weighted by molar-refractivity contribution is 8.15. The summed E-state index contributed by atoms with van der Waals surface area (Å²) in [5.74, 6) is -0.542. The topological polar surface area (TPSA) is 104 Å². The first kappa shape index (κ1) is 24.4. The second-order valence-corrected chi connectivity index (χ2v) is 10.6. The first-order valence-electron chi connectivity index (χ1n) is 11.2. The first-order chi connectivity index (χ1) is 17.1. The van der Waals surface area contributed by atoms with Crippen molar-refractivity contribution in [3.05, 3.63) is 77.0 Å². The van der Waals surface area contributed by atoms with E-state index in [1.54, 1.807) is 19.9 Å². The SMILES string of the molecule is Cc1cc(OCc2ncco2)cnc1C(=O)Cc1ccc(F)c([C@@]2(C)N=C(N)S[C@@]3(C(F)F)C[C@@H]23)c1. The van der Waals surface area contributed by atoms with Crippen LogP contribution in [0.3, 0.4) is 0 Å². The highest BCUT2D eigenvalue weighted by Crippen LogP contribution is 2.68. The summed E-state index contributed by atoms with van der Waals surface area (Å²) in [4.78, 5) is 25.7. The van der Waals surface area contributed by atoms with Crippen molar-refractivity contribution >= 4 is 22.7 Å². The number of ketones is 1. The van der Waals surface area contributed by atoms with Gasteiger partial charge in [0.05, 0.1) is 22.7 Å². The van der Waals surface area contributed by atoms with Crippen LogP contribution >= 0.6 is 11.8 Å². The monoisotopic (exact) mass is 516 g/mol. The van der Waals surface area contributed by atoms with Gasteiger partial charge >= 0.3 is 0 Å². The largest absolute Gasteiger partial charge is 0.482 e. The standard InChI is InChI=1S/C25H23F3N4O3S/c1-13-7-15(35-12-20-30-5-6-34-20)11-31-21(13)18(33)9-14-3-4-17(26)16(8-14)24(2)19-10-25(19,22(27)28)36-23(29)32-24/h3-8,11,19,22H,9-10,12H2,1-2H3,(H2,29,32)/t19-,24+,25-/m0/s1. The van der Waals surface area contributed by atoms with E-state index in [2.05, 4.69) is 15.0 Å². The number of ether oxygens (including phenoxy) is 1. The Kier molecular flexibility index (Phi) is 6.06. The minimum absolute atomic E-state index is 0.0115. The molecule has 0 spiro atoms. The van der Waals surface area contributed by atoms with Crippen LogP contribution in [0.25, 0.3) is 0 Å². The van der Waals surface area contributed by atoms with E-state index < -0.39 is 28.4 Å². The summed E-state index contributed by atoms with van der Waals surface area (Å²) in [5, 5.41) is 0.0115. The molecule has 3 atom stereocenters. The van der Waals surface area contributed by atoms with Gasteiger partial charge in [0.1, 0.15) is 23.5 Å². The highest BCUT2D eigenvalue weighted by Gasteiger charge is 2.71. The molecule has 7 nitrogen and oxygen atoms in total. The van der Waals surface area contributed by atoms with Gasteiger partial charge in [-0.15, -0.1) is 0 Å². The van der Waals surface area contributed by atoms with Gasteiger partial charge in [-0.25, -0.2) is 23.1 Å². The van der Waals surface area contributed by atoms with Gasteiger partial charge in [-0.1, -0.05) is 17.8 Å². The number of amidine groups is 1. The Bertz CT molecular complexity index is 1350. The molecular formula is C25H23F3N4O3S. The van der Waals surface area contributed by atoms with Crippen molar-refractivity contribution in [1.82, 2.24) is 9.97 Å². The lowest BCUT2D eigenvalue weighted by atomic mass is 9.84. The number of aryl methyl sites for hydroxylation is 1. The molecule has 1 fully saturated rings. The quantitative estimate of drug-likeness (QED) is 0.428. The molecule has 1 aliphatic heterocycles. The molecule has 2 aliphatic rings. The van der Waals surface area contributed by atoms with Crippen LogP contribution in [0.2, 0.25) is 0 Å². The van der Waals surface area contributed by atoms with Crippen molar-refractivity contribution in [2.45, 2.75) is 50.0 Å². The second kappa shape index (κ2) is 8.95. The molecule has 1 aromatic carbocycles. The van der Waals surface area contributed by atoms with Gasteiger partial charge < -0.3 is 14.9 Å². The number of pyridine rings is 1. The predicted octanol–water partition coefficient (Wildman–Crippen LogP) is 4.82. The Labute approximate surface area is 209 Å². The normalized spacial score (nSPS) is 24.8. The molecule has 1 saturated carbocycles. The molecule has 36 heavy (non-hydrogen) atoms. The minimum atomic E-state index is -2.61. The molecule has 0 amide bonds. The number of hydrogen-bond acceptors (Lipinski definition) is 8. The molecule has 0 radical (unpaired) electrons. The number of hydrogen-bond donors (Lipinski definition) is 1. The number of benzene rings is 1. The zero-order valence-electron chi connectivity index (χ0n) is 19.5. The third kappa shape index (κ3) is 4.25. The van der Waals surface area contributed by atoms with Crippen LogP contribution in [0.5, 0.6) is 5.75 Å². The number of thioether (sulfide) groups is 1. The van der Waals surface area contributed by atoms with Crippen molar-refractivity contribution in [3.8, 4) is 5.75 Å². The van der Waals surface area contributed by atoms with Crippen LogP contribution in [-0.4, -0.2) is 32.1 Å². The summed E-state index contributed by atoms with van der Waals surface area (Å²) >= 11 is 0.865. The molecule has 2 N–H and O–H groups in total. The number of rotatable bonds is 8. The van der Waals surface area contributed by atoms with Crippen LogP contribution in [0.1, 0.15) is 46.4 Å². The number of alkyl halides is 2. The Morgan fingerprint density at radius 1 is 1.33 bits per heavy atom. The Balaban J connectivity index is 1.35. The average Bonchev–Trinajstić information content (AvgIpc) is 3.36. The molecule has 3 heterocycles. The number of carbonyl (C=O) groups is 1. The number of carbonyl (C=O) groups excluding carboxylic acids is 1. The fourth-order valence-electron chi connectivity index (χ4n) is 4.83. The Morgan fingerprint density at radius 3 is 2.83 bits per heavy atom. The first-order valence-corrected chi connectivity index (χ1v) is 12.1. The molecule has 0 saturated heterocycles. The molecule has 2 aromatic heterocycles. The van der Waals surface area contributed by atoms with Crippen LogP contribution in [-0.2, 0) is 18.6 Å². The fourth-order valence-corrected chi connectivity index (χ4v) is 6.17. The van der Waals surface area contributed by atoms with E-state index in [1.165, 1.54) is 36.9 Å². The molecule has 3 aromatic rings. The summed E-state index contributed by atoms with van der Waals surface area (Å²) < 4.78 is 51.9. The molecule has 11 heteroatoms. The molecule has 1 aliphatic carbocycles. The molecule has 188 valence electrons. The van der Waals surface area contributed by atoms with Gasteiger partial charge in [-0.3, -0.25) is 9.79 Å². The highest BCUT2D eigenvalue weighted by atomic mass is 32.2. The van der Waals surface area contributed by atoms with Gasteiger partial charge in [0.15, 0.2) is 17.6 Å². The summed E-state index contributed by atoms with van der Waals surface area (Å²) in [7, 11) is 0. The maximum absolute atomic E-state index is 15.0. The van der Waals surface area contributed by atoms with Crippen LogP contribution < -0.4 is 10.5 Å². The third-order valence-electron chi connectivity index (χ3n) is 6.74. The number of oxazole rings is 1. The van der Waals surface area contributed by atoms with Gasteiger partial charge in [0, 0.05) is 17.9 Å². The van der Waals surface area contributed by atoms with Crippen molar-refractivity contribution in [2.75, 3.05) is 0 Å². The molecular weight excluding hydrogens is 493 g/mol. The number of halogens is 3. The second-order valence-electron chi connectivity index (χ2n) is 9.18. The Morgan fingerprint density at radius 2 is 2.14 bits per heavy atom. The lowest BCUT2D eigenvalue weighted by molar-refractivity contribution is 0.0987. The van der Waals surface area contributed by atoms with Crippen molar-refractivity contribution < 1.29 is 27.1 Å². The van der Waals surface area contributed by atoms with Crippen molar-refractivity contribution in [3.63, 3.8) is 0 Å². The summed E-state index contributed by atoms with van der Waals surface area (Å²) in [5.41, 5.74) is 6.19. The van der Waals surface area contributed by atoms with E-state index >= 15 is 0 Å². The number of aliphatic imine (C=N–C) groups is 1. The van der Waals surface area contributed by atoms with E-state index in [9.17, 15) is 18.0 Å². The fraction of sp³-hybridized carbons (Fsp3) is 0.360. The molecule has 5 rings (SSSR count). The number of nitrogens with zero attached hydrogens (tertiary/aromatic N) is 3. The van der Waals surface area contributed by atoms with E-state index in [1.807, 2.05) is 0 Å². The van der Waals surface area contributed by atoms with Crippen molar-refractivity contribution in [2.24, 2.45) is 16.6 Å². The molecule has 0 bridgehead atoms. The number of fused-ring (bicyclic) bond motifs is 1. The zero-order chi connectivity index (χ0) is 25.7. The van der Waals surface area contributed by atoms with Gasteiger partial charge in [0.25, 0.3) is 6.43 Å². The van der Waals surface area contributed by atoms with Gasteiger partial charge in [-0.05, 0) is 49.6 Å². The lowest BCUT2D eigenvalue weighted by Gasteiger charge is -2.34. The average molecular weight is 517 g/mol. The van der Waals surface area contributed by atoms with Crippen LogP contribution in [0, 0.1) is 18.7 Å². The predicted molar refractivity (Wildman–Crippen MR) is 128 cm³/mol. The van der Waals surface area contributed by atoms with E-state index in [0.717, 1.165) is 11.8 Å². The zero-order valence-corrected chi connectivity index (χ0v) is 20.3. The van der Waals surface area contributed by atoms with E-state index in [4.69, 9.17) is 14.9 Å². The van der Waals surface area contributed by atoms with E-state index in [0.29, 0.717) is 22.8 Å². The maximum Gasteiger partial charge on any atom is 0.253 e. The van der Waals surface area contributed by atoms with E-state index in [-0.39, 0.29) is 41.7 Å². The number of nitrogens with two attached hydrogens (primary N) is 1. The minimum Gasteiger partial charge on any atom is -0.482 e. The smallest absolute Gasteiger partial charge is 0.253 e. The Hall–Kier alpha value is -3.34. The van der Waals surface area contributed by atoms with Crippen LogP contribution in [0.15, 0.2) is 52.3 Å². The summed E-state index contributed by atoms with van der Waals surface area (Å²) in [6, 6.07) is 5.95. The van der Waals surface area contributed by atoms with Gasteiger partial charge in [0.2, 0.25) is 5.89 Å².